The Morgan fingerprint density at radius 2 is 1.40 bits per heavy atom. The van der Waals surface area contributed by atoms with Crippen LogP contribution in [0.4, 0.5) is 0 Å². The van der Waals surface area contributed by atoms with Crippen LogP contribution in [0.5, 0.6) is 0 Å². The van der Waals surface area contributed by atoms with E-state index in [4.69, 9.17) is 9.78 Å². The van der Waals surface area contributed by atoms with E-state index in [1.165, 1.54) is 5.92 Å². The molecule has 2 nitrogen and oxygen atoms in total. The minimum Gasteiger partial charge on any atom is -0.230 e. The molecule has 0 amide bonds. The number of rotatable bonds is 7. The van der Waals surface area contributed by atoms with Crippen LogP contribution < -0.4 is 0 Å². The lowest BCUT2D eigenvalue weighted by Gasteiger charge is -2.30. The Morgan fingerprint density at radius 3 is 1.80 bits per heavy atom. The molecule has 1 radical (unpaired) electrons. The van der Waals surface area contributed by atoms with E-state index in [-0.39, 0.29) is 11.2 Å². The van der Waals surface area contributed by atoms with Crippen molar-refractivity contribution < 1.29 is 9.78 Å². The molecule has 0 aromatic heterocycles. The SMILES string of the molecule is CCC(C)(C)OOC(C)(C)CC[C](C)C. The van der Waals surface area contributed by atoms with Gasteiger partial charge in [-0.2, -0.15) is 0 Å². The third-order valence-electron chi connectivity index (χ3n) is 2.57. The highest BCUT2D eigenvalue weighted by Gasteiger charge is 2.25. The number of hydrogen-bond acceptors (Lipinski definition) is 2. The van der Waals surface area contributed by atoms with Crippen LogP contribution in [0.1, 0.15) is 67.7 Å². The Morgan fingerprint density at radius 1 is 0.933 bits per heavy atom. The Kier molecular flexibility index (Phi) is 5.82. The van der Waals surface area contributed by atoms with Crippen LogP contribution in [0.15, 0.2) is 0 Å². The van der Waals surface area contributed by atoms with Crippen LogP contribution in [0.2, 0.25) is 0 Å². The van der Waals surface area contributed by atoms with Gasteiger partial charge in [-0.25, -0.2) is 9.78 Å². The van der Waals surface area contributed by atoms with Gasteiger partial charge in [0.2, 0.25) is 0 Å². The van der Waals surface area contributed by atoms with Crippen LogP contribution in [0.25, 0.3) is 0 Å². The van der Waals surface area contributed by atoms with Gasteiger partial charge in [0.25, 0.3) is 0 Å². The van der Waals surface area contributed by atoms with Gasteiger partial charge in [-0.15, -0.1) is 0 Å². The summed E-state index contributed by atoms with van der Waals surface area (Å²) in [6, 6.07) is 0. The van der Waals surface area contributed by atoms with Gasteiger partial charge in [0.05, 0.1) is 11.2 Å². The Labute approximate surface area is 95.3 Å². The molecule has 0 spiro atoms. The third kappa shape index (κ3) is 7.80. The van der Waals surface area contributed by atoms with Gasteiger partial charge in [-0.05, 0) is 52.9 Å². The zero-order valence-corrected chi connectivity index (χ0v) is 11.4. The van der Waals surface area contributed by atoms with E-state index in [1.807, 2.05) is 13.8 Å². The van der Waals surface area contributed by atoms with Crippen molar-refractivity contribution in [3.8, 4) is 0 Å². The predicted molar refractivity (Wildman–Crippen MR) is 64.4 cm³/mol. The first-order chi connectivity index (χ1) is 6.68. The zero-order valence-electron chi connectivity index (χ0n) is 11.4. The van der Waals surface area contributed by atoms with E-state index in [1.54, 1.807) is 0 Å². The molecular formula is C13H27O2. The second-order valence-corrected chi connectivity index (χ2v) is 5.75. The maximum absolute atomic E-state index is 5.52. The molecule has 0 aliphatic carbocycles. The first-order valence-electron chi connectivity index (χ1n) is 5.84. The average molecular weight is 215 g/mol. The van der Waals surface area contributed by atoms with Gasteiger partial charge in [-0.3, -0.25) is 0 Å². The van der Waals surface area contributed by atoms with Crippen LogP contribution >= 0.6 is 0 Å². The summed E-state index contributed by atoms with van der Waals surface area (Å²) in [5, 5.41) is 0. The molecule has 0 N–H and O–H groups in total. The fourth-order valence-corrected chi connectivity index (χ4v) is 0.877. The topological polar surface area (TPSA) is 18.5 Å². The van der Waals surface area contributed by atoms with Gasteiger partial charge >= 0.3 is 0 Å². The highest BCUT2D eigenvalue weighted by molar-refractivity contribution is 4.81. The quantitative estimate of drug-likeness (QED) is 0.466. The van der Waals surface area contributed by atoms with Crippen molar-refractivity contribution in [2.75, 3.05) is 0 Å². The van der Waals surface area contributed by atoms with Crippen molar-refractivity contribution in [1.29, 1.82) is 0 Å². The summed E-state index contributed by atoms with van der Waals surface area (Å²) in [5.74, 6) is 1.43. The monoisotopic (exact) mass is 215 g/mol. The Balaban J connectivity index is 3.93. The fourth-order valence-electron chi connectivity index (χ4n) is 0.877. The van der Waals surface area contributed by atoms with Gasteiger partial charge < -0.3 is 0 Å². The molecule has 0 heterocycles. The first kappa shape index (κ1) is 14.9. The predicted octanol–water partition coefficient (Wildman–Crippen LogP) is 4.30. The maximum Gasteiger partial charge on any atom is 0.0980 e. The van der Waals surface area contributed by atoms with Gasteiger partial charge in [0.1, 0.15) is 0 Å². The summed E-state index contributed by atoms with van der Waals surface area (Å²) in [6.45, 7) is 14.6. The lowest BCUT2D eigenvalue weighted by Crippen LogP contribution is -2.32. The number of hydrogen-bond donors (Lipinski definition) is 0. The molecule has 0 unspecified atom stereocenters. The highest BCUT2D eigenvalue weighted by Crippen LogP contribution is 2.24. The molecule has 0 saturated carbocycles. The van der Waals surface area contributed by atoms with E-state index < -0.39 is 0 Å². The Bertz CT molecular complexity index is 171. The van der Waals surface area contributed by atoms with Crippen molar-refractivity contribution in [2.45, 2.75) is 78.9 Å². The van der Waals surface area contributed by atoms with Gasteiger partial charge in [-0.1, -0.05) is 20.8 Å². The van der Waals surface area contributed by atoms with E-state index in [2.05, 4.69) is 34.6 Å². The van der Waals surface area contributed by atoms with Crippen molar-refractivity contribution in [3.63, 3.8) is 0 Å². The van der Waals surface area contributed by atoms with Gasteiger partial charge in [0.15, 0.2) is 0 Å². The molecule has 0 atom stereocenters. The molecular weight excluding hydrogens is 188 g/mol. The third-order valence-corrected chi connectivity index (χ3v) is 2.57. The lowest BCUT2D eigenvalue weighted by molar-refractivity contribution is -0.402. The minimum absolute atomic E-state index is 0.192. The zero-order chi connectivity index (χ0) is 12.1. The highest BCUT2D eigenvalue weighted by atomic mass is 17.2. The fraction of sp³-hybridized carbons (Fsp3) is 0.923. The molecule has 0 saturated heterocycles. The van der Waals surface area contributed by atoms with Crippen LogP contribution in [-0.4, -0.2) is 11.2 Å². The van der Waals surface area contributed by atoms with Crippen LogP contribution in [0, 0.1) is 5.92 Å². The van der Waals surface area contributed by atoms with Crippen molar-refractivity contribution in [3.05, 3.63) is 5.92 Å². The largest absolute Gasteiger partial charge is 0.230 e. The average Bonchev–Trinajstić information content (AvgIpc) is 2.13. The molecule has 0 rings (SSSR count). The summed E-state index contributed by atoms with van der Waals surface area (Å²) in [6.07, 6.45) is 3.03. The summed E-state index contributed by atoms with van der Waals surface area (Å²) in [7, 11) is 0. The normalized spacial score (nSPS) is 13.6. The minimum atomic E-state index is -0.205. The summed E-state index contributed by atoms with van der Waals surface area (Å²) >= 11 is 0. The standard InChI is InChI=1S/C13H27O2/c1-8-12(4,5)14-15-13(6,7)10-9-11(2)3/h8-10H2,1-7H3. The van der Waals surface area contributed by atoms with Crippen LogP contribution in [0.3, 0.4) is 0 Å². The maximum atomic E-state index is 5.52. The molecule has 0 bridgehead atoms. The molecule has 0 aliphatic heterocycles. The molecule has 0 fully saturated rings. The van der Waals surface area contributed by atoms with Crippen molar-refractivity contribution in [1.82, 2.24) is 0 Å². The smallest absolute Gasteiger partial charge is 0.0980 e. The second-order valence-electron chi connectivity index (χ2n) is 5.75. The molecule has 91 valence electrons. The molecule has 0 aromatic rings. The van der Waals surface area contributed by atoms with E-state index in [0.29, 0.717) is 0 Å². The summed E-state index contributed by atoms with van der Waals surface area (Å²) < 4.78 is 0. The summed E-state index contributed by atoms with van der Waals surface area (Å²) in [5.41, 5.74) is -0.397. The molecule has 15 heavy (non-hydrogen) atoms. The van der Waals surface area contributed by atoms with E-state index >= 15 is 0 Å². The van der Waals surface area contributed by atoms with Crippen molar-refractivity contribution >= 4 is 0 Å². The molecule has 2 heteroatoms. The molecule has 0 aromatic carbocycles. The first-order valence-corrected chi connectivity index (χ1v) is 5.84. The van der Waals surface area contributed by atoms with E-state index in [9.17, 15) is 0 Å². The second kappa shape index (κ2) is 5.86. The van der Waals surface area contributed by atoms with Crippen LogP contribution in [-0.2, 0) is 9.78 Å². The van der Waals surface area contributed by atoms with E-state index in [0.717, 1.165) is 19.3 Å². The summed E-state index contributed by atoms with van der Waals surface area (Å²) in [4.78, 5) is 11.0. The molecule has 0 aliphatic rings. The lowest BCUT2D eigenvalue weighted by atomic mass is 9.97. The van der Waals surface area contributed by atoms with Crippen molar-refractivity contribution in [2.24, 2.45) is 0 Å². The Hall–Kier alpha value is -0.0800. The van der Waals surface area contributed by atoms with Gasteiger partial charge in [0, 0.05) is 0 Å².